The topological polar surface area (TPSA) is 48.6 Å². The number of aryl methyl sites for hydroxylation is 1. The molecule has 0 saturated carbocycles. The van der Waals surface area contributed by atoms with E-state index in [9.17, 15) is 4.79 Å². The van der Waals surface area contributed by atoms with E-state index in [1.54, 1.807) is 6.08 Å². The summed E-state index contributed by atoms with van der Waals surface area (Å²) in [7, 11) is 4.22. The van der Waals surface area contributed by atoms with Gasteiger partial charge in [-0.25, -0.2) is 0 Å². The standard InChI is InChI=1S/C26H31N3O2/c1-19-8-10-21(11-9-19)31-18-25-23(22-6-4-5-7-24(22)27-25)12-13-26(30)29-16-14-20(15-17-29)28(2)3/h4-13,20,27H,14-18H2,1-3H3/b13-12+. The molecule has 31 heavy (non-hydrogen) atoms. The molecule has 1 N–H and O–H groups in total. The molecule has 5 nitrogen and oxygen atoms in total. The molecule has 0 bridgehead atoms. The number of hydrogen-bond donors (Lipinski definition) is 1. The fourth-order valence-corrected chi connectivity index (χ4v) is 4.18. The summed E-state index contributed by atoms with van der Waals surface area (Å²) in [5, 5.41) is 1.10. The third-order valence-electron chi connectivity index (χ3n) is 6.13. The van der Waals surface area contributed by atoms with Gasteiger partial charge in [0.1, 0.15) is 12.4 Å². The normalized spacial score (nSPS) is 15.3. The number of rotatable bonds is 6. The minimum atomic E-state index is 0.0768. The Kier molecular flexibility index (Phi) is 6.42. The monoisotopic (exact) mass is 417 g/mol. The molecule has 2 heterocycles. The molecule has 0 spiro atoms. The first-order valence-corrected chi connectivity index (χ1v) is 10.9. The van der Waals surface area contributed by atoms with Gasteiger partial charge in [0.05, 0.1) is 5.69 Å². The highest BCUT2D eigenvalue weighted by atomic mass is 16.5. The second-order valence-electron chi connectivity index (χ2n) is 8.52. The van der Waals surface area contributed by atoms with Crippen LogP contribution in [0.4, 0.5) is 0 Å². The second kappa shape index (κ2) is 9.40. The van der Waals surface area contributed by atoms with E-state index in [1.807, 2.05) is 47.4 Å². The number of aromatic nitrogens is 1. The van der Waals surface area contributed by atoms with Crippen molar-refractivity contribution in [2.24, 2.45) is 0 Å². The van der Waals surface area contributed by atoms with E-state index in [4.69, 9.17) is 4.74 Å². The SMILES string of the molecule is Cc1ccc(OCc2[nH]c3ccccc3c2/C=C/C(=O)N2CCC(N(C)C)CC2)cc1. The van der Waals surface area contributed by atoms with E-state index in [2.05, 4.69) is 43.0 Å². The van der Waals surface area contributed by atoms with E-state index >= 15 is 0 Å². The number of piperidine rings is 1. The van der Waals surface area contributed by atoms with Gasteiger partial charge in [-0.3, -0.25) is 4.79 Å². The number of hydrogen-bond acceptors (Lipinski definition) is 3. The van der Waals surface area contributed by atoms with Crippen LogP contribution in [0.2, 0.25) is 0 Å². The zero-order valence-corrected chi connectivity index (χ0v) is 18.6. The summed E-state index contributed by atoms with van der Waals surface area (Å²) in [6.45, 7) is 4.09. The van der Waals surface area contributed by atoms with Crippen molar-refractivity contribution in [3.8, 4) is 5.75 Å². The first-order chi connectivity index (χ1) is 15.0. The number of nitrogens with zero attached hydrogens (tertiary/aromatic N) is 2. The Morgan fingerprint density at radius 2 is 1.84 bits per heavy atom. The van der Waals surface area contributed by atoms with Gasteiger partial charge < -0.3 is 19.5 Å². The molecule has 0 aliphatic carbocycles. The second-order valence-corrected chi connectivity index (χ2v) is 8.52. The van der Waals surface area contributed by atoms with Gasteiger partial charge in [0.2, 0.25) is 5.91 Å². The molecule has 1 aliphatic rings. The van der Waals surface area contributed by atoms with Gasteiger partial charge in [-0.05, 0) is 58.1 Å². The Morgan fingerprint density at radius 3 is 2.55 bits per heavy atom. The van der Waals surface area contributed by atoms with Gasteiger partial charge in [-0.2, -0.15) is 0 Å². The largest absolute Gasteiger partial charge is 0.487 e. The molecule has 4 rings (SSSR count). The maximum Gasteiger partial charge on any atom is 0.246 e. The van der Waals surface area contributed by atoms with E-state index in [1.165, 1.54) is 5.56 Å². The zero-order valence-electron chi connectivity index (χ0n) is 18.6. The van der Waals surface area contributed by atoms with Crippen molar-refractivity contribution in [1.82, 2.24) is 14.8 Å². The number of nitrogens with one attached hydrogen (secondary N) is 1. The molecular formula is C26H31N3O2. The summed E-state index contributed by atoms with van der Waals surface area (Å²) >= 11 is 0. The summed E-state index contributed by atoms with van der Waals surface area (Å²) in [5.41, 5.74) is 4.23. The van der Waals surface area contributed by atoms with Crippen LogP contribution in [-0.2, 0) is 11.4 Å². The fraction of sp³-hybridized carbons (Fsp3) is 0.346. The van der Waals surface area contributed by atoms with Crippen molar-refractivity contribution in [3.63, 3.8) is 0 Å². The lowest BCUT2D eigenvalue weighted by atomic mass is 10.0. The van der Waals surface area contributed by atoms with Gasteiger partial charge in [0.25, 0.3) is 0 Å². The van der Waals surface area contributed by atoms with Crippen LogP contribution >= 0.6 is 0 Å². The van der Waals surface area contributed by atoms with Crippen molar-refractivity contribution in [1.29, 1.82) is 0 Å². The van der Waals surface area contributed by atoms with E-state index in [0.717, 1.165) is 53.8 Å². The van der Waals surface area contributed by atoms with Gasteiger partial charge in [-0.1, -0.05) is 35.9 Å². The lowest BCUT2D eigenvalue weighted by Gasteiger charge is -2.34. The van der Waals surface area contributed by atoms with Crippen molar-refractivity contribution >= 4 is 22.9 Å². The summed E-state index contributed by atoms with van der Waals surface area (Å²) < 4.78 is 6.01. The first-order valence-electron chi connectivity index (χ1n) is 10.9. The smallest absolute Gasteiger partial charge is 0.246 e. The predicted octanol–water partition coefficient (Wildman–Crippen LogP) is 4.62. The highest BCUT2D eigenvalue weighted by Crippen LogP contribution is 2.25. The van der Waals surface area contributed by atoms with E-state index in [0.29, 0.717) is 12.6 Å². The predicted molar refractivity (Wildman–Crippen MR) is 126 cm³/mol. The minimum Gasteiger partial charge on any atom is -0.487 e. The van der Waals surface area contributed by atoms with Crippen LogP contribution < -0.4 is 4.74 Å². The molecular weight excluding hydrogens is 386 g/mol. The van der Waals surface area contributed by atoms with Crippen molar-refractivity contribution in [3.05, 3.63) is 71.4 Å². The molecule has 1 aromatic heterocycles. The number of para-hydroxylation sites is 1. The number of benzene rings is 2. The molecule has 0 atom stereocenters. The zero-order chi connectivity index (χ0) is 21.8. The Balaban J connectivity index is 1.50. The molecule has 5 heteroatoms. The molecule has 0 radical (unpaired) electrons. The number of fused-ring (bicyclic) bond motifs is 1. The number of H-pyrrole nitrogens is 1. The average molecular weight is 418 g/mol. The fourth-order valence-electron chi connectivity index (χ4n) is 4.18. The quantitative estimate of drug-likeness (QED) is 0.596. The van der Waals surface area contributed by atoms with Crippen LogP contribution in [0.5, 0.6) is 5.75 Å². The number of amides is 1. The molecule has 2 aromatic carbocycles. The lowest BCUT2D eigenvalue weighted by molar-refractivity contribution is -0.127. The summed E-state index contributed by atoms with van der Waals surface area (Å²) in [5.74, 6) is 0.909. The average Bonchev–Trinajstić information content (AvgIpc) is 3.14. The Labute approximate surface area is 184 Å². The van der Waals surface area contributed by atoms with Crippen LogP contribution in [0.3, 0.4) is 0 Å². The third-order valence-corrected chi connectivity index (χ3v) is 6.13. The van der Waals surface area contributed by atoms with Gasteiger partial charge in [0.15, 0.2) is 0 Å². The Bertz CT molecular complexity index is 1060. The first kappa shape index (κ1) is 21.2. The molecule has 3 aromatic rings. The Morgan fingerprint density at radius 1 is 1.13 bits per heavy atom. The number of carbonyl (C=O) groups is 1. The maximum absolute atomic E-state index is 12.8. The summed E-state index contributed by atoms with van der Waals surface area (Å²) in [4.78, 5) is 20.5. The van der Waals surface area contributed by atoms with Crippen LogP contribution in [0.1, 0.15) is 29.7 Å². The number of ether oxygens (including phenoxy) is 1. The number of carbonyl (C=O) groups excluding carboxylic acids is 1. The summed E-state index contributed by atoms with van der Waals surface area (Å²) in [6, 6.07) is 16.8. The van der Waals surface area contributed by atoms with Crippen LogP contribution in [0.15, 0.2) is 54.6 Å². The van der Waals surface area contributed by atoms with Gasteiger partial charge >= 0.3 is 0 Å². The van der Waals surface area contributed by atoms with Crippen LogP contribution in [0, 0.1) is 6.92 Å². The van der Waals surface area contributed by atoms with Crippen molar-refractivity contribution in [2.75, 3.05) is 27.2 Å². The maximum atomic E-state index is 12.8. The van der Waals surface area contributed by atoms with Gasteiger partial charge in [0, 0.05) is 41.7 Å². The van der Waals surface area contributed by atoms with Crippen molar-refractivity contribution in [2.45, 2.75) is 32.4 Å². The third kappa shape index (κ3) is 5.00. The molecule has 1 aliphatic heterocycles. The summed E-state index contributed by atoms with van der Waals surface area (Å²) in [6.07, 6.45) is 5.69. The van der Waals surface area contributed by atoms with Crippen LogP contribution in [0.25, 0.3) is 17.0 Å². The van der Waals surface area contributed by atoms with E-state index < -0.39 is 0 Å². The number of aromatic amines is 1. The lowest BCUT2D eigenvalue weighted by Crippen LogP contribution is -2.43. The van der Waals surface area contributed by atoms with Gasteiger partial charge in [-0.15, -0.1) is 0 Å². The minimum absolute atomic E-state index is 0.0768. The number of likely N-dealkylation sites (tertiary alicyclic amines) is 1. The highest BCUT2D eigenvalue weighted by Gasteiger charge is 2.22. The van der Waals surface area contributed by atoms with E-state index in [-0.39, 0.29) is 5.91 Å². The van der Waals surface area contributed by atoms with Crippen LogP contribution in [-0.4, -0.2) is 53.9 Å². The molecule has 0 unspecified atom stereocenters. The highest BCUT2D eigenvalue weighted by molar-refractivity contribution is 5.97. The Hall–Kier alpha value is -3.05. The molecule has 1 amide bonds. The molecule has 162 valence electrons. The molecule has 1 saturated heterocycles. The van der Waals surface area contributed by atoms with Crippen molar-refractivity contribution < 1.29 is 9.53 Å². The molecule has 1 fully saturated rings.